The Morgan fingerprint density at radius 3 is 1.60 bits per heavy atom. The van der Waals surface area contributed by atoms with Crippen molar-refractivity contribution in [2.45, 2.75) is 58.4 Å². The monoisotopic (exact) mass is 551 g/mol. The van der Waals surface area contributed by atoms with Gasteiger partial charge in [-0.3, -0.25) is 9.97 Å². The fraction of sp³-hybridized carbons (Fsp3) is 0.586. The van der Waals surface area contributed by atoms with Gasteiger partial charge in [0.15, 0.2) is 11.9 Å². The number of rotatable bonds is 9. The Bertz CT molecular complexity index is 1120. The van der Waals surface area contributed by atoms with E-state index in [0.717, 1.165) is 54.7 Å². The van der Waals surface area contributed by atoms with Gasteiger partial charge < -0.3 is 37.6 Å². The van der Waals surface area contributed by atoms with Gasteiger partial charge >= 0.3 is 0 Å². The zero-order chi connectivity index (χ0) is 29.1. The minimum Gasteiger partial charge on any atom is -0.370 e. The van der Waals surface area contributed by atoms with Gasteiger partial charge in [-0.1, -0.05) is 0 Å². The molecule has 11 nitrogen and oxygen atoms in total. The van der Waals surface area contributed by atoms with Crippen LogP contribution in [-0.2, 0) is 12.8 Å². The van der Waals surface area contributed by atoms with Gasteiger partial charge in [0.25, 0.3) is 0 Å². The molecule has 0 saturated carbocycles. The van der Waals surface area contributed by atoms with Gasteiger partial charge in [0, 0.05) is 31.5 Å². The summed E-state index contributed by atoms with van der Waals surface area (Å²) in [5.41, 5.74) is 27.3. The molecule has 2 aliphatic heterocycles. The van der Waals surface area contributed by atoms with Crippen LogP contribution < -0.4 is 22.9 Å². The zero-order valence-corrected chi connectivity index (χ0v) is 24.8. The highest BCUT2D eigenvalue weighted by Gasteiger charge is 2.20. The number of guanidine groups is 2. The molecule has 2 fully saturated rings. The SMILES string of the molecule is Cc1ncc(CCN2CCC(N(C)C)CC2)cc1N=C(N)N.Cc1ncc(CCN2CCCC2)cc1N=C(N)N. The molecule has 0 radical (unpaired) electrons. The average molecular weight is 552 g/mol. The maximum absolute atomic E-state index is 5.46. The van der Waals surface area contributed by atoms with E-state index in [1.54, 1.807) is 0 Å². The smallest absolute Gasteiger partial charge is 0.191 e. The van der Waals surface area contributed by atoms with E-state index in [4.69, 9.17) is 22.9 Å². The summed E-state index contributed by atoms with van der Waals surface area (Å²) in [6.07, 6.45) is 11.0. The highest BCUT2D eigenvalue weighted by Crippen LogP contribution is 2.20. The van der Waals surface area contributed by atoms with Gasteiger partial charge in [0.1, 0.15) is 0 Å². The van der Waals surface area contributed by atoms with Crippen molar-refractivity contribution in [1.82, 2.24) is 24.7 Å². The number of likely N-dealkylation sites (tertiary alicyclic amines) is 2. The summed E-state index contributed by atoms with van der Waals surface area (Å²) in [6.45, 7) is 10.8. The molecule has 2 saturated heterocycles. The van der Waals surface area contributed by atoms with Gasteiger partial charge in [-0.15, -0.1) is 0 Å². The number of aliphatic imine (C=N–C) groups is 2. The normalized spacial score (nSPS) is 16.4. The third kappa shape index (κ3) is 10.4. The van der Waals surface area contributed by atoms with Gasteiger partial charge in [-0.2, -0.15) is 0 Å². The van der Waals surface area contributed by atoms with E-state index < -0.39 is 0 Å². The largest absolute Gasteiger partial charge is 0.370 e. The van der Waals surface area contributed by atoms with E-state index in [0.29, 0.717) is 0 Å². The van der Waals surface area contributed by atoms with E-state index >= 15 is 0 Å². The maximum Gasteiger partial charge on any atom is 0.191 e. The van der Waals surface area contributed by atoms with Crippen LogP contribution in [0, 0.1) is 13.8 Å². The molecule has 4 heterocycles. The Morgan fingerprint density at radius 2 is 1.20 bits per heavy atom. The van der Waals surface area contributed by atoms with Gasteiger partial charge in [-0.25, -0.2) is 9.98 Å². The number of hydrogen-bond donors (Lipinski definition) is 4. The Hall–Kier alpha value is -3.28. The first-order chi connectivity index (χ1) is 19.1. The van der Waals surface area contributed by atoms with Crippen LogP contribution >= 0.6 is 0 Å². The third-order valence-electron chi connectivity index (χ3n) is 7.65. The second-order valence-electron chi connectivity index (χ2n) is 11.1. The molecule has 0 atom stereocenters. The Labute approximate surface area is 239 Å². The molecule has 0 aliphatic carbocycles. The number of nitrogens with zero attached hydrogens (tertiary/aromatic N) is 7. The molecule has 2 aromatic rings. The van der Waals surface area contributed by atoms with E-state index in [2.05, 4.69) is 48.7 Å². The lowest BCUT2D eigenvalue weighted by Crippen LogP contribution is -2.42. The highest BCUT2D eigenvalue weighted by atomic mass is 15.2. The highest BCUT2D eigenvalue weighted by molar-refractivity contribution is 5.79. The molecule has 4 rings (SSSR count). The Kier molecular flexibility index (Phi) is 12.1. The number of aryl methyl sites for hydroxylation is 2. The lowest BCUT2D eigenvalue weighted by Gasteiger charge is -2.35. The first-order valence-electron chi connectivity index (χ1n) is 14.3. The summed E-state index contributed by atoms with van der Waals surface area (Å²) in [7, 11) is 4.34. The van der Waals surface area contributed by atoms with Gasteiger partial charge in [0.05, 0.1) is 22.8 Å². The van der Waals surface area contributed by atoms with Crippen LogP contribution in [0.4, 0.5) is 11.4 Å². The first-order valence-corrected chi connectivity index (χ1v) is 14.3. The van der Waals surface area contributed by atoms with Crippen molar-refractivity contribution in [2.75, 3.05) is 53.4 Å². The molecule has 0 aromatic carbocycles. The van der Waals surface area contributed by atoms with Gasteiger partial charge in [0.2, 0.25) is 0 Å². The van der Waals surface area contributed by atoms with E-state index in [-0.39, 0.29) is 11.9 Å². The Morgan fingerprint density at radius 1 is 0.775 bits per heavy atom. The van der Waals surface area contributed by atoms with Crippen LogP contribution in [0.3, 0.4) is 0 Å². The maximum atomic E-state index is 5.46. The molecule has 0 spiro atoms. The van der Waals surface area contributed by atoms with Crippen molar-refractivity contribution in [3.8, 4) is 0 Å². The fourth-order valence-electron chi connectivity index (χ4n) is 5.14. The van der Waals surface area contributed by atoms with Crippen molar-refractivity contribution in [2.24, 2.45) is 32.9 Å². The van der Waals surface area contributed by atoms with Crippen LogP contribution in [0.5, 0.6) is 0 Å². The standard InChI is InChI=1S/C16H28N6.C13H21N5/c1-12-15(20-16(17)18)10-13(11-19-12)4-7-22-8-5-14(6-9-22)21(2)3;1-10-12(17-13(14)15)8-11(9-16-10)4-7-18-5-2-3-6-18/h10-11,14H,4-9H2,1-3H3,(H4,17,18,20);8-9H,2-7H2,1H3,(H4,14,15,17). The van der Waals surface area contributed by atoms with Crippen LogP contribution in [0.25, 0.3) is 0 Å². The molecule has 2 aromatic heterocycles. The van der Waals surface area contributed by atoms with Crippen molar-refractivity contribution >= 4 is 23.3 Å². The summed E-state index contributed by atoms with van der Waals surface area (Å²) >= 11 is 0. The predicted octanol–water partition coefficient (Wildman–Crippen LogP) is 1.80. The molecule has 0 amide bonds. The first kappa shape index (κ1) is 31.3. The molecule has 11 heteroatoms. The summed E-state index contributed by atoms with van der Waals surface area (Å²) in [5, 5.41) is 0. The number of aromatic nitrogens is 2. The van der Waals surface area contributed by atoms with Crippen molar-refractivity contribution in [3.63, 3.8) is 0 Å². The topological polar surface area (TPSA) is 164 Å². The molecule has 0 bridgehead atoms. The van der Waals surface area contributed by atoms with E-state index in [1.165, 1.54) is 63.0 Å². The predicted molar refractivity (Wildman–Crippen MR) is 165 cm³/mol. The summed E-state index contributed by atoms with van der Waals surface area (Å²) < 4.78 is 0. The minimum atomic E-state index is 0.0767. The lowest BCUT2D eigenvalue weighted by atomic mass is 10.0. The second kappa shape index (κ2) is 15.5. The molecular formula is C29H49N11. The molecule has 0 unspecified atom stereocenters. The van der Waals surface area contributed by atoms with Crippen molar-refractivity contribution in [1.29, 1.82) is 0 Å². The molecule has 40 heavy (non-hydrogen) atoms. The molecule has 2 aliphatic rings. The van der Waals surface area contributed by atoms with Crippen LogP contribution in [0.2, 0.25) is 0 Å². The van der Waals surface area contributed by atoms with Crippen LogP contribution in [0.1, 0.15) is 48.2 Å². The molecule has 8 N–H and O–H groups in total. The number of hydrogen-bond acceptors (Lipinski definition) is 7. The van der Waals surface area contributed by atoms with Crippen LogP contribution in [-0.4, -0.2) is 96.0 Å². The lowest BCUT2D eigenvalue weighted by molar-refractivity contribution is 0.146. The zero-order valence-electron chi connectivity index (χ0n) is 24.8. The van der Waals surface area contributed by atoms with Crippen molar-refractivity contribution in [3.05, 3.63) is 47.0 Å². The second-order valence-corrected chi connectivity index (χ2v) is 11.1. The average Bonchev–Trinajstić information content (AvgIpc) is 3.43. The number of nitrogens with two attached hydrogens (primary N) is 4. The minimum absolute atomic E-state index is 0.0767. The number of piperidine rings is 1. The quantitative estimate of drug-likeness (QED) is 0.269. The Balaban J connectivity index is 0.000000225. The van der Waals surface area contributed by atoms with E-state index in [9.17, 15) is 0 Å². The summed E-state index contributed by atoms with van der Waals surface area (Å²) in [5.74, 6) is 0.157. The van der Waals surface area contributed by atoms with Crippen LogP contribution in [0.15, 0.2) is 34.5 Å². The number of pyridine rings is 2. The molecular weight excluding hydrogens is 502 g/mol. The van der Waals surface area contributed by atoms with Crippen molar-refractivity contribution < 1.29 is 0 Å². The van der Waals surface area contributed by atoms with Gasteiger partial charge in [-0.05, 0) is 116 Å². The summed E-state index contributed by atoms with van der Waals surface area (Å²) in [6, 6.07) is 4.79. The van der Waals surface area contributed by atoms with E-state index in [1.807, 2.05) is 38.4 Å². The molecule has 220 valence electrons. The third-order valence-corrected chi connectivity index (χ3v) is 7.65. The fourth-order valence-corrected chi connectivity index (χ4v) is 5.14. The summed E-state index contributed by atoms with van der Waals surface area (Å²) in [4.78, 5) is 24.3.